The molecule has 38 heavy (non-hydrogen) atoms. The number of carbonyl (C=O) groups excluding carboxylic acids is 3. The smallest absolute Gasteiger partial charge is 0.407 e. The van der Waals surface area contributed by atoms with Gasteiger partial charge in [0.15, 0.2) is 11.6 Å². The number of carbonyl (C=O) groups is 3. The molecule has 6 nitrogen and oxygen atoms in total. The van der Waals surface area contributed by atoms with Gasteiger partial charge in [-0.3, -0.25) is 9.59 Å². The molecule has 0 spiro atoms. The molecule has 3 rings (SSSR count). The molecule has 0 unspecified atom stereocenters. The summed E-state index contributed by atoms with van der Waals surface area (Å²) in [7, 11) is 1.39. The van der Waals surface area contributed by atoms with E-state index in [1.54, 1.807) is 0 Å². The predicted molar refractivity (Wildman–Crippen MR) is 149 cm³/mol. The highest BCUT2D eigenvalue weighted by Gasteiger charge is 2.61. The number of hydrogen-bond donors (Lipinski definition) is 1. The van der Waals surface area contributed by atoms with E-state index in [2.05, 4.69) is 59.9 Å². The molecule has 0 aromatic rings. The lowest BCUT2D eigenvalue weighted by molar-refractivity contribution is -0.126. The fourth-order valence-electron chi connectivity index (χ4n) is 7.50. The van der Waals surface area contributed by atoms with E-state index in [1.165, 1.54) is 7.11 Å². The molecule has 0 radical (unpaired) electrons. The number of alkyl carbamates (subject to hydrolysis) is 1. The molecule has 1 fully saturated rings. The number of ether oxygens (including phenoxy) is 1. The summed E-state index contributed by atoms with van der Waals surface area (Å²) >= 11 is 0. The molecule has 0 aliphatic heterocycles. The van der Waals surface area contributed by atoms with Crippen LogP contribution in [-0.4, -0.2) is 30.3 Å². The molecular weight excluding hydrogens is 476 g/mol. The van der Waals surface area contributed by atoms with Crippen LogP contribution in [0.2, 0.25) is 0 Å². The van der Waals surface area contributed by atoms with Crippen LogP contribution in [0.4, 0.5) is 4.79 Å². The Morgan fingerprint density at radius 2 is 1.84 bits per heavy atom. The van der Waals surface area contributed by atoms with Crippen molar-refractivity contribution in [3.05, 3.63) is 23.3 Å². The first-order valence-electron chi connectivity index (χ1n) is 14.3. The number of nitrogens with zero attached hydrogens (tertiary/aromatic N) is 1. The Labute approximate surface area is 229 Å². The van der Waals surface area contributed by atoms with E-state index >= 15 is 0 Å². The number of methoxy groups -OCH3 is 1. The van der Waals surface area contributed by atoms with Gasteiger partial charge < -0.3 is 10.1 Å². The van der Waals surface area contributed by atoms with Crippen LogP contribution in [0.15, 0.2) is 23.3 Å². The zero-order valence-electron chi connectivity index (χ0n) is 25.0. The first kappa shape index (κ1) is 30.1. The van der Waals surface area contributed by atoms with Gasteiger partial charge in [0.2, 0.25) is 0 Å². The van der Waals surface area contributed by atoms with Crippen molar-refractivity contribution in [1.29, 1.82) is 5.26 Å². The number of nitrogens with one attached hydrogen (secondary N) is 1. The quantitative estimate of drug-likeness (QED) is 0.365. The second kappa shape index (κ2) is 10.3. The van der Waals surface area contributed by atoms with Gasteiger partial charge in [0.1, 0.15) is 6.07 Å². The van der Waals surface area contributed by atoms with Crippen LogP contribution < -0.4 is 5.32 Å². The highest BCUT2D eigenvalue weighted by atomic mass is 16.5. The predicted octanol–water partition coefficient (Wildman–Crippen LogP) is 7.09. The van der Waals surface area contributed by atoms with Crippen molar-refractivity contribution in [2.45, 2.75) is 112 Å². The topological polar surface area (TPSA) is 96.3 Å². The zero-order valence-corrected chi connectivity index (χ0v) is 25.0. The minimum absolute atomic E-state index is 0.0732. The van der Waals surface area contributed by atoms with Crippen molar-refractivity contribution in [1.82, 2.24) is 5.32 Å². The summed E-state index contributed by atoms with van der Waals surface area (Å²) in [4.78, 5) is 38.5. The molecule has 1 N–H and O–H groups in total. The third-order valence-corrected chi connectivity index (χ3v) is 11.1. The Hall–Kier alpha value is -2.42. The third kappa shape index (κ3) is 5.23. The average molecular weight is 525 g/mol. The normalized spacial score (nSPS) is 34.6. The maximum atomic E-state index is 13.3. The Kier molecular flexibility index (Phi) is 8.15. The van der Waals surface area contributed by atoms with E-state index < -0.39 is 17.0 Å². The summed E-state index contributed by atoms with van der Waals surface area (Å²) in [5.74, 6) is -0.149. The van der Waals surface area contributed by atoms with Gasteiger partial charge in [0, 0.05) is 23.3 Å². The molecule has 3 aliphatic rings. The summed E-state index contributed by atoms with van der Waals surface area (Å²) in [5.41, 5.74) is -0.119. The van der Waals surface area contributed by atoms with Crippen LogP contribution >= 0.6 is 0 Å². The molecule has 0 heterocycles. The van der Waals surface area contributed by atoms with Crippen LogP contribution in [0.1, 0.15) is 107 Å². The molecule has 1 amide bonds. The summed E-state index contributed by atoms with van der Waals surface area (Å²) in [6.07, 6.45) is 9.81. The van der Waals surface area contributed by atoms with Crippen molar-refractivity contribution in [3.63, 3.8) is 0 Å². The Morgan fingerprint density at radius 3 is 2.42 bits per heavy atom. The fraction of sp³-hybridized carbons (Fsp3) is 0.750. The van der Waals surface area contributed by atoms with Crippen LogP contribution in [0, 0.1) is 44.8 Å². The van der Waals surface area contributed by atoms with Crippen molar-refractivity contribution in [3.8, 4) is 6.07 Å². The number of ketones is 2. The summed E-state index contributed by atoms with van der Waals surface area (Å²) in [5, 5.41) is 12.8. The van der Waals surface area contributed by atoms with E-state index in [4.69, 9.17) is 4.74 Å². The molecule has 210 valence electrons. The number of fused-ring (bicyclic) bond motifs is 3. The minimum atomic E-state index is -0.512. The largest absolute Gasteiger partial charge is 0.453 e. The maximum absolute atomic E-state index is 13.3. The number of nitriles is 1. The molecule has 1 saturated carbocycles. The first-order valence-corrected chi connectivity index (χ1v) is 14.3. The maximum Gasteiger partial charge on any atom is 0.407 e. The molecule has 3 aliphatic carbocycles. The second-order valence-corrected chi connectivity index (χ2v) is 14.0. The standard InChI is InChI=1S/C32H48N2O4/c1-10-28(3,4)13-15-30(6,34-27(37)38-9)16-14-29(5)19-23(35)17-25-31(7)18-22(20-33)26(36)21(2)24(31)11-12-32(25,29)8/h17-18,21,24H,10-16,19H2,1-9H3,(H,34,37)/t21-,24-,29+,30-,31-,32+/m0/s1. The number of Topliss-reactive ketones (excluding diaryl/α,β-unsaturated/α-hetero) is 1. The van der Waals surface area contributed by atoms with Gasteiger partial charge in [0.25, 0.3) is 0 Å². The van der Waals surface area contributed by atoms with E-state index in [9.17, 15) is 19.6 Å². The van der Waals surface area contributed by atoms with E-state index in [0.717, 1.165) is 50.5 Å². The number of allylic oxidation sites excluding steroid dienone is 4. The van der Waals surface area contributed by atoms with Crippen molar-refractivity contribution < 1.29 is 19.1 Å². The van der Waals surface area contributed by atoms with Crippen molar-refractivity contribution in [2.75, 3.05) is 7.11 Å². The lowest BCUT2D eigenvalue weighted by atomic mass is 9.42. The van der Waals surface area contributed by atoms with Crippen molar-refractivity contribution >= 4 is 17.7 Å². The van der Waals surface area contributed by atoms with Gasteiger partial charge in [0.05, 0.1) is 12.7 Å². The Balaban J connectivity index is 1.97. The third-order valence-electron chi connectivity index (χ3n) is 11.1. The Morgan fingerprint density at radius 1 is 1.18 bits per heavy atom. The molecule has 6 atom stereocenters. The minimum Gasteiger partial charge on any atom is -0.453 e. The van der Waals surface area contributed by atoms with Crippen LogP contribution in [-0.2, 0) is 14.3 Å². The molecule has 0 aromatic carbocycles. The highest BCUT2D eigenvalue weighted by Crippen LogP contribution is 2.67. The molecule has 0 aromatic heterocycles. The molecular formula is C32H48N2O4. The van der Waals surface area contributed by atoms with Crippen LogP contribution in [0.3, 0.4) is 0 Å². The lowest BCUT2D eigenvalue weighted by Gasteiger charge is -2.61. The SMILES string of the molecule is CCC(C)(C)CC[C@@](C)(CC[C@]1(C)CC(=O)C=C2[C@@]3(C)C=C(C#N)C(=O)[C@@H](C)[C@@H]3CC[C@]21C)NC(=O)OC. The second-order valence-electron chi connectivity index (χ2n) is 14.0. The van der Waals surface area contributed by atoms with Gasteiger partial charge in [-0.25, -0.2) is 4.79 Å². The van der Waals surface area contributed by atoms with Gasteiger partial charge >= 0.3 is 6.09 Å². The van der Waals surface area contributed by atoms with Gasteiger partial charge in [-0.2, -0.15) is 5.26 Å². The molecule has 6 heteroatoms. The first-order chi connectivity index (χ1) is 17.5. The number of rotatable bonds is 8. The summed E-state index contributed by atoms with van der Waals surface area (Å²) < 4.78 is 4.98. The lowest BCUT2D eigenvalue weighted by Crippen LogP contribution is -2.56. The van der Waals surface area contributed by atoms with E-state index in [1.807, 2.05) is 19.1 Å². The van der Waals surface area contributed by atoms with Crippen LogP contribution in [0.5, 0.6) is 0 Å². The monoisotopic (exact) mass is 524 g/mol. The van der Waals surface area contributed by atoms with Crippen LogP contribution in [0.25, 0.3) is 0 Å². The average Bonchev–Trinajstić information content (AvgIpc) is 2.85. The van der Waals surface area contributed by atoms with Gasteiger partial charge in [-0.15, -0.1) is 0 Å². The summed E-state index contributed by atoms with van der Waals surface area (Å²) in [6.45, 7) is 17.3. The van der Waals surface area contributed by atoms with E-state index in [0.29, 0.717) is 6.42 Å². The zero-order chi connectivity index (χ0) is 28.7. The molecule has 0 bridgehead atoms. The van der Waals surface area contributed by atoms with Gasteiger partial charge in [-0.1, -0.05) is 66.5 Å². The van der Waals surface area contributed by atoms with E-state index in [-0.39, 0.29) is 45.2 Å². The molecule has 0 saturated heterocycles. The number of amides is 1. The Bertz CT molecular complexity index is 1100. The number of hydrogen-bond acceptors (Lipinski definition) is 5. The van der Waals surface area contributed by atoms with Gasteiger partial charge in [-0.05, 0) is 73.7 Å². The highest BCUT2D eigenvalue weighted by molar-refractivity contribution is 6.02. The summed E-state index contributed by atoms with van der Waals surface area (Å²) in [6, 6.07) is 2.13. The van der Waals surface area contributed by atoms with Crippen molar-refractivity contribution in [2.24, 2.45) is 33.5 Å². The fourth-order valence-corrected chi connectivity index (χ4v) is 7.50.